The number of halogens is 2. The smallest absolute Gasteiger partial charge is 0.220 e. The maximum atomic E-state index is 13.0. The fourth-order valence-electron chi connectivity index (χ4n) is 2.29. The molecule has 0 unspecified atom stereocenters. The van der Waals surface area contributed by atoms with Crippen molar-refractivity contribution in [3.05, 3.63) is 76.1 Å². The molecule has 25 heavy (non-hydrogen) atoms. The van der Waals surface area contributed by atoms with Crippen molar-refractivity contribution < 1.29 is 13.6 Å². The van der Waals surface area contributed by atoms with E-state index in [1.807, 2.05) is 5.38 Å². The Labute approximate surface area is 148 Å². The zero-order valence-corrected chi connectivity index (χ0v) is 14.2. The Balaban J connectivity index is 1.49. The normalized spacial score (nSPS) is 10.6. The lowest BCUT2D eigenvalue weighted by Crippen LogP contribution is -2.22. The third-order valence-electron chi connectivity index (χ3n) is 3.66. The van der Waals surface area contributed by atoms with Crippen molar-refractivity contribution in [3.63, 3.8) is 0 Å². The first kappa shape index (κ1) is 17.2. The molecule has 0 radical (unpaired) electrons. The van der Waals surface area contributed by atoms with Crippen LogP contribution in [0, 0.1) is 11.6 Å². The first-order chi connectivity index (χ1) is 12.1. The van der Waals surface area contributed by atoms with Crippen molar-refractivity contribution in [3.8, 4) is 11.3 Å². The summed E-state index contributed by atoms with van der Waals surface area (Å²) in [4.78, 5) is 16.4. The molecule has 0 saturated heterocycles. The number of nitrogens with one attached hydrogen (secondary N) is 1. The summed E-state index contributed by atoms with van der Waals surface area (Å²) in [7, 11) is 0. The largest absolute Gasteiger partial charge is 0.352 e. The highest BCUT2D eigenvalue weighted by molar-refractivity contribution is 7.09. The molecule has 3 rings (SSSR count). The summed E-state index contributed by atoms with van der Waals surface area (Å²) in [6.07, 6.45) is 0.874. The Morgan fingerprint density at radius 3 is 2.32 bits per heavy atom. The molecule has 0 aliphatic rings. The highest BCUT2D eigenvalue weighted by atomic mass is 32.1. The van der Waals surface area contributed by atoms with E-state index in [0.29, 0.717) is 19.4 Å². The van der Waals surface area contributed by atoms with Crippen molar-refractivity contribution in [2.45, 2.75) is 19.4 Å². The first-order valence-electron chi connectivity index (χ1n) is 7.81. The fraction of sp³-hybridized carbons (Fsp3) is 0.158. The minimum Gasteiger partial charge on any atom is -0.352 e. The Bertz CT molecular complexity index is 845. The van der Waals surface area contributed by atoms with E-state index in [9.17, 15) is 13.6 Å². The topological polar surface area (TPSA) is 42.0 Å². The van der Waals surface area contributed by atoms with Crippen LogP contribution in [0.4, 0.5) is 8.78 Å². The second-order valence-electron chi connectivity index (χ2n) is 5.54. The van der Waals surface area contributed by atoms with Gasteiger partial charge in [0, 0.05) is 30.3 Å². The SMILES string of the molecule is O=C(CCc1nc(-c2ccc(F)cc2)cs1)NCc1ccc(F)cc1. The Morgan fingerprint density at radius 2 is 1.64 bits per heavy atom. The number of amides is 1. The molecule has 1 aromatic heterocycles. The summed E-state index contributed by atoms with van der Waals surface area (Å²) in [6, 6.07) is 12.2. The predicted molar refractivity (Wildman–Crippen MR) is 94.1 cm³/mol. The highest BCUT2D eigenvalue weighted by Gasteiger charge is 2.08. The van der Waals surface area contributed by atoms with Crippen LogP contribution < -0.4 is 5.32 Å². The zero-order valence-electron chi connectivity index (χ0n) is 13.3. The number of benzene rings is 2. The molecule has 128 valence electrons. The molecular formula is C19H16F2N2OS. The number of nitrogens with zero attached hydrogens (tertiary/aromatic N) is 1. The number of carbonyl (C=O) groups is 1. The summed E-state index contributed by atoms with van der Waals surface area (Å²) in [5, 5.41) is 5.57. The van der Waals surface area contributed by atoms with Gasteiger partial charge in [0.15, 0.2) is 0 Å². The molecule has 0 saturated carbocycles. The van der Waals surface area contributed by atoms with Gasteiger partial charge >= 0.3 is 0 Å². The van der Waals surface area contributed by atoms with E-state index in [2.05, 4.69) is 10.3 Å². The Kier molecular flexibility index (Phi) is 5.50. The van der Waals surface area contributed by atoms with Crippen LogP contribution in [0.25, 0.3) is 11.3 Å². The molecule has 1 N–H and O–H groups in total. The number of rotatable bonds is 6. The Hall–Kier alpha value is -2.60. The van der Waals surface area contributed by atoms with Crippen LogP contribution in [0.15, 0.2) is 53.9 Å². The summed E-state index contributed by atoms with van der Waals surface area (Å²) in [5.74, 6) is -0.657. The third-order valence-corrected chi connectivity index (χ3v) is 4.57. The van der Waals surface area contributed by atoms with Crippen molar-refractivity contribution in [2.75, 3.05) is 0 Å². The molecule has 0 aliphatic carbocycles. The molecule has 0 aliphatic heterocycles. The zero-order chi connectivity index (χ0) is 17.6. The van der Waals surface area contributed by atoms with Gasteiger partial charge in [-0.2, -0.15) is 0 Å². The number of carbonyl (C=O) groups excluding carboxylic acids is 1. The molecule has 3 aromatic rings. The molecule has 6 heteroatoms. The molecule has 1 amide bonds. The minimum atomic E-state index is -0.296. The van der Waals surface area contributed by atoms with Gasteiger partial charge in [0.1, 0.15) is 11.6 Å². The molecule has 0 bridgehead atoms. The van der Waals surface area contributed by atoms with Crippen molar-refractivity contribution in [1.29, 1.82) is 0 Å². The van der Waals surface area contributed by atoms with Crippen LogP contribution in [0.5, 0.6) is 0 Å². The molecule has 2 aromatic carbocycles. The predicted octanol–water partition coefficient (Wildman–Crippen LogP) is 4.34. The first-order valence-corrected chi connectivity index (χ1v) is 8.69. The molecule has 3 nitrogen and oxygen atoms in total. The third kappa shape index (κ3) is 4.93. The average molecular weight is 358 g/mol. The maximum Gasteiger partial charge on any atom is 0.220 e. The maximum absolute atomic E-state index is 13.0. The van der Waals surface area contributed by atoms with Gasteiger partial charge < -0.3 is 5.32 Å². The number of thiazole rings is 1. The minimum absolute atomic E-state index is 0.0807. The summed E-state index contributed by atoms with van der Waals surface area (Å²) < 4.78 is 25.8. The van der Waals surface area contributed by atoms with Crippen LogP contribution >= 0.6 is 11.3 Å². The molecule has 0 atom stereocenters. The van der Waals surface area contributed by atoms with Gasteiger partial charge in [-0.1, -0.05) is 12.1 Å². The van der Waals surface area contributed by atoms with Crippen LogP contribution in [-0.2, 0) is 17.8 Å². The van der Waals surface area contributed by atoms with Crippen LogP contribution in [0.3, 0.4) is 0 Å². The van der Waals surface area contributed by atoms with Gasteiger partial charge in [-0.05, 0) is 42.0 Å². The van der Waals surface area contributed by atoms with E-state index >= 15 is 0 Å². The van der Waals surface area contributed by atoms with E-state index in [-0.39, 0.29) is 17.5 Å². The van der Waals surface area contributed by atoms with Gasteiger partial charge in [0.2, 0.25) is 5.91 Å². The molecule has 0 spiro atoms. The number of hydrogen-bond acceptors (Lipinski definition) is 3. The summed E-state index contributed by atoms with van der Waals surface area (Å²) >= 11 is 1.48. The second kappa shape index (κ2) is 7.98. The summed E-state index contributed by atoms with van der Waals surface area (Å²) in [6.45, 7) is 0.373. The number of aromatic nitrogens is 1. The van der Waals surface area contributed by atoms with Gasteiger partial charge in [-0.3, -0.25) is 4.79 Å². The highest BCUT2D eigenvalue weighted by Crippen LogP contribution is 2.22. The standard InChI is InChI=1S/C19H16F2N2OS/c20-15-5-1-13(2-6-15)11-22-18(24)9-10-19-23-17(12-25-19)14-3-7-16(21)8-4-14/h1-8,12H,9-11H2,(H,22,24). The summed E-state index contributed by atoms with van der Waals surface area (Å²) in [5.41, 5.74) is 2.49. The Morgan fingerprint density at radius 1 is 1.00 bits per heavy atom. The lowest BCUT2D eigenvalue weighted by Gasteiger charge is -2.04. The van der Waals surface area contributed by atoms with E-state index in [1.165, 1.54) is 35.6 Å². The monoisotopic (exact) mass is 358 g/mol. The quantitative estimate of drug-likeness (QED) is 0.712. The lowest BCUT2D eigenvalue weighted by molar-refractivity contribution is -0.121. The van der Waals surface area contributed by atoms with Crippen LogP contribution in [-0.4, -0.2) is 10.9 Å². The van der Waals surface area contributed by atoms with E-state index in [4.69, 9.17) is 0 Å². The fourth-order valence-corrected chi connectivity index (χ4v) is 3.10. The van der Waals surface area contributed by atoms with Crippen LogP contribution in [0.1, 0.15) is 17.0 Å². The number of aryl methyl sites for hydroxylation is 1. The van der Waals surface area contributed by atoms with E-state index in [0.717, 1.165) is 21.8 Å². The van der Waals surface area contributed by atoms with Gasteiger partial charge in [-0.25, -0.2) is 13.8 Å². The van der Waals surface area contributed by atoms with Crippen molar-refractivity contribution in [1.82, 2.24) is 10.3 Å². The molecule has 1 heterocycles. The van der Waals surface area contributed by atoms with Gasteiger partial charge in [0.05, 0.1) is 10.7 Å². The van der Waals surface area contributed by atoms with Gasteiger partial charge in [0.25, 0.3) is 0 Å². The van der Waals surface area contributed by atoms with E-state index in [1.54, 1.807) is 24.3 Å². The second-order valence-corrected chi connectivity index (χ2v) is 6.48. The number of hydrogen-bond donors (Lipinski definition) is 1. The van der Waals surface area contributed by atoms with E-state index < -0.39 is 0 Å². The average Bonchev–Trinajstić information content (AvgIpc) is 3.09. The van der Waals surface area contributed by atoms with Crippen LogP contribution in [0.2, 0.25) is 0 Å². The van der Waals surface area contributed by atoms with Crippen molar-refractivity contribution in [2.24, 2.45) is 0 Å². The lowest BCUT2D eigenvalue weighted by atomic mass is 10.2. The van der Waals surface area contributed by atoms with Gasteiger partial charge in [-0.15, -0.1) is 11.3 Å². The molecular weight excluding hydrogens is 342 g/mol. The van der Waals surface area contributed by atoms with Crippen molar-refractivity contribution >= 4 is 17.2 Å². The molecule has 0 fully saturated rings.